The second-order valence-electron chi connectivity index (χ2n) is 5.57. The molecule has 0 spiro atoms. The number of aryl methyl sites for hydroxylation is 1. The maximum atomic E-state index is 3.57. The molecule has 0 bridgehead atoms. The Bertz CT molecular complexity index is 375. The fourth-order valence-electron chi connectivity index (χ4n) is 3.00. The predicted octanol–water partition coefficient (Wildman–Crippen LogP) is 4.21. The van der Waals surface area contributed by atoms with Gasteiger partial charge in [-0.15, -0.1) is 0 Å². The lowest BCUT2D eigenvalue weighted by Crippen LogP contribution is -2.37. The molecule has 1 aliphatic rings. The van der Waals surface area contributed by atoms with Crippen molar-refractivity contribution in [2.75, 3.05) is 18.4 Å². The Kier molecular flexibility index (Phi) is 5.25. The Labute approximate surface area is 120 Å². The third-order valence-electron chi connectivity index (χ3n) is 4.05. The van der Waals surface area contributed by atoms with Gasteiger partial charge in [-0.1, -0.05) is 40.2 Å². The monoisotopic (exact) mass is 309 g/mol. The Morgan fingerprint density at radius 3 is 2.83 bits per heavy atom. The lowest BCUT2D eigenvalue weighted by atomic mass is 9.82. The molecule has 18 heavy (non-hydrogen) atoms. The van der Waals surface area contributed by atoms with Gasteiger partial charge in [0.25, 0.3) is 0 Å². The molecular formula is C16H24BrN. The maximum absolute atomic E-state index is 3.57. The molecule has 2 rings (SSSR count). The molecule has 1 aromatic rings. The highest BCUT2D eigenvalue weighted by Crippen LogP contribution is 2.32. The first-order chi connectivity index (χ1) is 8.72. The van der Waals surface area contributed by atoms with Crippen LogP contribution in [0.5, 0.6) is 0 Å². The molecule has 0 aliphatic heterocycles. The fourth-order valence-corrected chi connectivity index (χ4v) is 3.45. The first-order valence-corrected chi connectivity index (χ1v) is 8.22. The van der Waals surface area contributed by atoms with Gasteiger partial charge in [-0.25, -0.2) is 0 Å². The van der Waals surface area contributed by atoms with Crippen molar-refractivity contribution in [1.82, 2.24) is 4.90 Å². The Morgan fingerprint density at radius 2 is 2.11 bits per heavy atom. The van der Waals surface area contributed by atoms with Crippen molar-refractivity contribution in [3.05, 3.63) is 35.4 Å². The lowest BCUT2D eigenvalue weighted by Gasteiger charge is -2.33. The smallest absolute Gasteiger partial charge is 0.0159 e. The van der Waals surface area contributed by atoms with Crippen LogP contribution < -0.4 is 0 Å². The number of fused-ring (bicyclic) bond motifs is 1. The minimum Gasteiger partial charge on any atom is -0.300 e. The van der Waals surface area contributed by atoms with E-state index in [2.05, 4.69) is 58.9 Å². The molecule has 0 fully saturated rings. The van der Waals surface area contributed by atoms with Crippen LogP contribution in [0.15, 0.2) is 24.3 Å². The molecule has 0 aromatic heterocycles. The molecule has 0 saturated carbocycles. The highest BCUT2D eigenvalue weighted by atomic mass is 79.9. The van der Waals surface area contributed by atoms with Crippen molar-refractivity contribution >= 4 is 15.9 Å². The van der Waals surface area contributed by atoms with Crippen molar-refractivity contribution in [1.29, 1.82) is 0 Å². The van der Waals surface area contributed by atoms with Crippen LogP contribution in [0.25, 0.3) is 0 Å². The number of hydrogen-bond donors (Lipinski definition) is 0. The van der Waals surface area contributed by atoms with E-state index in [1.165, 1.54) is 25.8 Å². The number of alkyl halides is 1. The Morgan fingerprint density at radius 1 is 1.33 bits per heavy atom. The molecule has 0 saturated heterocycles. The summed E-state index contributed by atoms with van der Waals surface area (Å²) in [7, 11) is 0. The van der Waals surface area contributed by atoms with Crippen molar-refractivity contribution < 1.29 is 0 Å². The molecule has 1 nitrogen and oxygen atoms in total. The Balaban J connectivity index is 2.10. The van der Waals surface area contributed by atoms with E-state index in [0.29, 0.717) is 6.04 Å². The first-order valence-electron chi connectivity index (χ1n) is 7.10. The van der Waals surface area contributed by atoms with E-state index in [1.54, 1.807) is 11.1 Å². The molecule has 1 atom stereocenters. The van der Waals surface area contributed by atoms with Crippen LogP contribution in [-0.4, -0.2) is 29.4 Å². The Hall–Kier alpha value is -0.340. The zero-order valence-corrected chi connectivity index (χ0v) is 13.1. The van der Waals surface area contributed by atoms with Crippen molar-refractivity contribution in [2.45, 2.75) is 45.1 Å². The molecule has 1 aromatic carbocycles. The summed E-state index contributed by atoms with van der Waals surface area (Å²) in [5.74, 6) is 0.733. The van der Waals surface area contributed by atoms with Gasteiger partial charge in [0.1, 0.15) is 0 Å². The highest BCUT2D eigenvalue weighted by molar-refractivity contribution is 9.09. The van der Waals surface area contributed by atoms with Gasteiger partial charge in [-0.3, -0.25) is 4.90 Å². The second-order valence-corrected chi connectivity index (χ2v) is 6.36. The van der Waals surface area contributed by atoms with Gasteiger partial charge < -0.3 is 0 Å². The van der Waals surface area contributed by atoms with Gasteiger partial charge in [0.15, 0.2) is 0 Å². The molecule has 0 N–H and O–H groups in total. The standard InChI is InChI=1S/C16H24BrN/c1-13(2)18(11-10-17)12-15-8-5-7-14-6-3-4-9-16(14)15/h3-4,6,9,13,15H,5,7-8,10-12H2,1-2H3. The van der Waals surface area contributed by atoms with Crippen LogP contribution in [0.1, 0.15) is 43.7 Å². The maximum Gasteiger partial charge on any atom is 0.0159 e. The van der Waals surface area contributed by atoms with Gasteiger partial charge in [-0.2, -0.15) is 0 Å². The topological polar surface area (TPSA) is 3.24 Å². The highest BCUT2D eigenvalue weighted by Gasteiger charge is 2.22. The van der Waals surface area contributed by atoms with Crippen LogP contribution in [-0.2, 0) is 6.42 Å². The summed E-state index contributed by atoms with van der Waals surface area (Å²) in [6.07, 6.45) is 3.97. The fraction of sp³-hybridized carbons (Fsp3) is 0.625. The third-order valence-corrected chi connectivity index (χ3v) is 4.41. The van der Waals surface area contributed by atoms with Crippen LogP contribution >= 0.6 is 15.9 Å². The van der Waals surface area contributed by atoms with Gasteiger partial charge >= 0.3 is 0 Å². The summed E-state index contributed by atoms with van der Waals surface area (Å²) >= 11 is 3.57. The summed E-state index contributed by atoms with van der Waals surface area (Å²) in [6, 6.07) is 9.66. The average Bonchev–Trinajstić information content (AvgIpc) is 2.38. The number of hydrogen-bond acceptors (Lipinski definition) is 1. The number of rotatable bonds is 5. The van der Waals surface area contributed by atoms with Gasteiger partial charge in [0.2, 0.25) is 0 Å². The van der Waals surface area contributed by atoms with Crippen molar-refractivity contribution in [3.8, 4) is 0 Å². The minimum absolute atomic E-state index is 0.636. The minimum atomic E-state index is 0.636. The molecule has 100 valence electrons. The summed E-state index contributed by atoms with van der Waals surface area (Å²) in [5.41, 5.74) is 3.18. The summed E-state index contributed by atoms with van der Waals surface area (Å²) in [4.78, 5) is 2.60. The van der Waals surface area contributed by atoms with Crippen LogP contribution in [0, 0.1) is 0 Å². The van der Waals surface area contributed by atoms with Crippen LogP contribution in [0.3, 0.4) is 0 Å². The molecule has 1 aliphatic carbocycles. The average molecular weight is 310 g/mol. The number of nitrogens with zero attached hydrogens (tertiary/aromatic N) is 1. The van der Waals surface area contributed by atoms with E-state index < -0.39 is 0 Å². The SMILES string of the molecule is CC(C)N(CCBr)CC1CCCc2ccccc21. The largest absolute Gasteiger partial charge is 0.300 e. The van der Waals surface area contributed by atoms with E-state index in [-0.39, 0.29) is 0 Å². The second kappa shape index (κ2) is 6.72. The summed E-state index contributed by atoms with van der Waals surface area (Å²) in [5, 5.41) is 1.07. The lowest BCUT2D eigenvalue weighted by molar-refractivity contribution is 0.214. The number of halogens is 1. The molecule has 1 unspecified atom stereocenters. The van der Waals surface area contributed by atoms with Crippen LogP contribution in [0.2, 0.25) is 0 Å². The summed E-state index contributed by atoms with van der Waals surface area (Å²) < 4.78 is 0. The van der Waals surface area contributed by atoms with E-state index >= 15 is 0 Å². The predicted molar refractivity (Wildman–Crippen MR) is 82.6 cm³/mol. The van der Waals surface area contributed by atoms with Gasteiger partial charge in [0.05, 0.1) is 0 Å². The summed E-state index contributed by atoms with van der Waals surface area (Å²) in [6.45, 7) is 6.96. The van der Waals surface area contributed by atoms with Crippen molar-refractivity contribution in [2.24, 2.45) is 0 Å². The molecule has 0 amide bonds. The van der Waals surface area contributed by atoms with Gasteiger partial charge in [0, 0.05) is 24.5 Å². The first kappa shape index (κ1) is 14.1. The normalized spacial score (nSPS) is 19.3. The van der Waals surface area contributed by atoms with Crippen molar-refractivity contribution in [3.63, 3.8) is 0 Å². The zero-order chi connectivity index (χ0) is 13.0. The molecule has 0 heterocycles. The van der Waals surface area contributed by atoms with E-state index in [4.69, 9.17) is 0 Å². The zero-order valence-electron chi connectivity index (χ0n) is 11.5. The van der Waals surface area contributed by atoms with Crippen LogP contribution in [0.4, 0.5) is 0 Å². The van der Waals surface area contributed by atoms with Gasteiger partial charge in [-0.05, 0) is 50.2 Å². The van der Waals surface area contributed by atoms with E-state index in [0.717, 1.165) is 17.8 Å². The third kappa shape index (κ3) is 3.36. The van der Waals surface area contributed by atoms with E-state index in [9.17, 15) is 0 Å². The molecule has 0 radical (unpaired) electrons. The molecular weight excluding hydrogens is 286 g/mol. The quantitative estimate of drug-likeness (QED) is 0.736. The molecule has 2 heteroatoms. The van der Waals surface area contributed by atoms with E-state index in [1.807, 2.05) is 0 Å². The number of benzene rings is 1.